The zero-order chi connectivity index (χ0) is 9.97. The van der Waals surface area contributed by atoms with Crippen molar-refractivity contribution in [3.05, 3.63) is 5.01 Å². The first kappa shape index (κ1) is 9.86. The van der Waals surface area contributed by atoms with Gasteiger partial charge in [0.05, 0.1) is 0 Å². The van der Waals surface area contributed by atoms with Crippen LogP contribution in [0.3, 0.4) is 0 Å². The smallest absolute Gasteiger partial charge is 0.208 e. The van der Waals surface area contributed by atoms with Crippen molar-refractivity contribution in [1.29, 1.82) is 0 Å². The Kier molecular flexibility index (Phi) is 2.98. The Bertz CT molecular complexity index is 295. The average molecular weight is 212 g/mol. The van der Waals surface area contributed by atoms with E-state index >= 15 is 0 Å². The van der Waals surface area contributed by atoms with Crippen LogP contribution in [-0.4, -0.2) is 29.3 Å². The summed E-state index contributed by atoms with van der Waals surface area (Å²) < 4.78 is 0. The Morgan fingerprint density at radius 3 is 2.79 bits per heavy atom. The molecule has 1 saturated carbocycles. The molecule has 0 spiro atoms. The second kappa shape index (κ2) is 4.23. The molecule has 78 valence electrons. The Hall–Kier alpha value is -0.680. The van der Waals surface area contributed by atoms with E-state index < -0.39 is 0 Å². The van der Waals surface area contributed by atoms with Crippen molar-refractivity contribution < 1.29 is 0 Å². The molecule has 2 N–H and O–H groups in total. The summed E-state index contributed by atoms with van der Waals surface area (Å²) >= 11 is 1.68. The summed E-state index contributed by atoms with van der Waals surface area (Å²) in [5, 5.41) is 10.3. The van der Waals surface area contributed by atoms with E-state index in [1.54, 1.807) is 11.3 Å². The topological polar surface area (TPSA) is 55.0 Å². The summed E-state index contributed by atoms with van der Waals surface area (Å²) in [5.41, 5.74) is 5.52. The number of nitrogens with zero attached hydrogens (tertiary/aromatic N) is 3. The average Bonchev–Trinajstić information content (AvgIpc) is 2.91. The Morgan fingerprint density at radius 2 is 2.29 bits per heavy atom. The molecule has 5 heteroatoms. The van der Waals surface area contributed by atoms with Gasteiger partial charge in [0.25, 0.3) is 0 Å². The van der Waals surface area contributed by atoms with Gasteiger partial charge in [-0.25, -0.2) is 0 Å². The van der Waals surface area contributed by atoms with Crippen LogP contribution in [0.2, 0.25) is 0 Å². The molecule has 0 aromatic carbocycles. The molecule has 1 fully saturated rings. The molecule has 0 saturated heterocycles. The summed E-state index contributed by atoms with van der Waals surface area (Å²) in [6.45, 7) is 3.77. The van der Waals surface area contributed by atoms with Gasteiger partial charge in [-0.15, -0.1) is 10.2 Å². The van der Waals surface area contributed by atoms with Gasteiger partial charge in [0.2, 0.25) is 5.13 Å². The third-order valence-corrected chi connectivity index (χ3v) is 3.23. The fourth-order valence-electron chi connectivity index (χ4n) is 1.48. The predicted molar refractivity (Wildman–Crippen MR) is 58.7 cm³/mol. The van der Waals surface area contributed by atoms with Gasteiger partial charge in [-0.05, 0) is 32.7 Å². The lowest BCUT2D eigenvalue weighted by atomic mass is 10.4. The lowest BCUT2D eigenvalue weighted by molar-refractivity contribution is 0.725. The van der Waals surface area contributed by atoms with Crippen molar-refractivity contribution in [1.82, 2.24) is 10.2 Å². The van der Waals surface area contributed by atoms with E-state index in [9.17, 15) is 0 Å². The Labute approximate surface area is 88.1 Å². The molecule has 1 heterocycles. The summed E-state index contributed by atoms with van der Waals surface area (Å²) in [7, 11) is 0. The molecule has 14 heavy (non-hydrogen) atoms. The van der Waals surface area contributed by atoms with E-state index in [1.165, 1.54) is 12.8 Å². The van der Waals surface area contributed by atoms with Gasteiger partial charge in [0.1, 0.15) is 5.01 Å². The van der Waals surface area contributed by atoms with Crippen LogP contribution >= 0.6 is 11.3 Å². The zero-order valence-electron chi connectivity index (χ0n) is 8.44. The number of aryl methyl sites for hydroxylation is 1. The van der Waals surface area contributed by atoms with Crippen LogP contribution in [0.1, 0.15) is 24.3 Å². The van der Waals surface area contributed by atoms with Crippen LogP contribution in [0.4, 0.5) is 5.13 Å². The van der Waals surface area contributed by atoms with Crippen molar-refractivity contribution in [2.45, 2.75) is 32.2 Å². The highest BCUT2D eigenvalue weighted by Crippen LogP contribution is 2.33. The number of rotatable bonds is 5. The van der Waals surface area contributed by atoms with Gasteiger partial charge >= 0.3 is 0 Å². The Morgan fingerprint density at radius 1 is 1.50 bits per heavy atom. The number of hydrogen-bond acceptors (Lipinski definition) is 5. The van der Waals surface area contributed by atoms with E-state index in [2.05, 4.69) is 15.1 Å². The first-order chi connectivity index (χ1) is 6.81. The standard InChI is InChI=1S/C9H16N4S/c1-7-11-12-9(14-7)13(6-2-5-10)8-3-4-8/h8H,2-6,10H2,1H3. The monoisotopic (exact) mass is 212 g/mol. The number of aromatic nitrogens is 2. The molecule has 4 nitrogen and oxygen atoms in total. The lowest BCUT2D eigenvalue weighted by Gasteiger charge is -2.20. The minimum Gasteiger partial charge on any atom is -0.344 e. The quantitative estimate of drug-likeness (QED) is 0.796. The minimum absolute atomic E-state index is 0.703. The molecule has 1 aromatic rings. The molecule has 0 unspecified atom stereocenters. The zero-order valence-corrected chi connectivity index (χ0v) is 9.26. The van der Waals surface area contributed by atoms with Gasteiger partial charge in [-0.1, -0.05) is 11.3 Å². The van der Waals surface area contributed by atoms with Gasteiger partial charge < -0.3 is 10.6 Å². The van der Waals surface area contributed by atoms with E-state index in [0.29, 0.717) is 6.04 Å². The molecule has 0 aliphatic heterocycles. The van der Waals surface area contributed by atoms with E-state index in [0.717, 1.165) is 29.6 Å². The van der Waals surface area contributed by atoms with Crippen molar-refractivity contribution in [3.8, 4) is 0 Å². The van der Waals surface area contributed by atoms with Gasteiger partial charge in [0, 0.05) is 12.6 Å². The first-order valence-electron chi connectivity index (χ1n) is 5.08. The summed E-state index contributed by atoms with van der Waals surface area (Å²) in [5.74, 6) is 0. The lowest BCUT2D eigenvalue weighted by Crippen LogP contribution is -2.28. The van der Waals surface area contributed by atoms with Crippen LogP contribution in [-0.2, 0) is 0 Å². The Balaban J connectivity index is 2.02. The highest BCUT2D eigenvalue weighted by Gasteiger charge is 2.30. The molecular weight excluding hydrogens is 196 g/mol. The molecule has 0 atom stereocenters. The van der Waals surface area contributed by atoms with Crippen molar-refractivity contribution >= 4 is 16.5 Å². The van der Waals surface area contributed by atoms with Crippen molar-refractivity contribution in [3.63, 3.8) is 0 Å². The molecular formula is C9H16N4S. The summed E-state index contributed by atoms with van der Waals surface area (Å²) in [6, 6.07) is 0.703. The molecule has 1 aromatic heterocycles. The third kappa shape index (κ3) is 2.22. The normalized spacial score (nSPS) is 15.9. The summed E-state index contributed by atoms with van der Waals surface area (Å²) in [6.07, 6.45) is 3.63. The maximum atomic E-state index is 5.52. The first-order valence-corrected chi connectivity index (χ1v) is 5.89. The highest BCUT2D eigenvalue weighted by molar-refractivity contribution is 7.15. The maximum Gasteiger partial charge on any atom is 0.208 e. The minimum atomic E-state index is 0.703. The maximum absolute atomic E-state index is 5.52. The van der Waals surface area contributed by atoms with Crippen molar-refractivity contribution in [2.24, 2.45) is 5.73 Å². The third-order valence-electron chi connectivity index (χ3n) is 2.35. The van der Waals surface area contributed by atoms with Crippen LogP contribution in [0.5, 0.6) is 0 Å². The number of nitrogens with two attached hydrogens (primary N) is 1. The van der Waals surface area contributed by atoms with E-state index in [4.69, 9.17) is 5.73 Å². The van der Waals surface area contributed by atoms with Gasteiger partial charge in [-0.3, -0.25) is 0 Å². The molecule has 1 aliphatic rings. The van der Waals surface area contributed by atoms with Crippen LogP contribution < -0.4 is 10.6 Å². The second-order valence-corrected chi connectivity index (χ2v) is 4.83. The fraction of sp³-hybridized carbons (Fsp3) is 0.778. The van der Waals surface area contributed by atoms with E-state index in [1.807, 2.05) is 6.92 Å². The van der Waals surface area contributed by atoms with Crippen LogP contribution in [0.25, 0.3) is 0 Å². The number of anilines is 1. The fourth-order valence-corrected chi connectivity index (χ4v) is 2.27. The van der Waals surface area contributed by atoms with E-state index in [-0.39, 0.29) is 0 Å². The SMILES string of the molecule is Cc1nnc(N(CCCN)C2CC2)s1. The van der Waals surface area contributed by atoms with Crippen molar-refractivity contribution in [2.75, 3.05) is 18.0 Å². The van der Waals surface area contributed by atoms with Gasteiger partial charge in [-0.2, -0.15) is 0 Å². The molecule has 1 aliphatic carbocycles. The summed E-state index contributed by atoms with van der Waals surface area (Å²) in [4.78, 5) is 2.36. The second-order valence-electron chi connectivity index (χ2n) is 3.67. The molecule has 0 radical (unpaired) electrons. The highest BCUT2D eigenvalue weighted by atomic mass is 32.1. The van der Waals surface area contributed by atoms with Gasteiger partial charge in [0.15, 0.2) is 0 Å². The largest absolute Gasteiger partial charge is 0.344 e. The molecule has 2 rings (SSSR count). The number of hydrogen-bond donors (Lipinski definition) is 1. The molecule has 0 bridgehead atoms. The molecule has 0 amide bonds. The van der Waals surface area contributed by atoms with Crippen LogP contribution in [0, 0.1) is 6.92 Å². The van der Waals surface area contributed by atoms with Crippen LogP contribution in [0.15, 0.2) is 0 Å². The predicted octanol–water partition coefficient (Wildman–Crippen LogP) is 1.16.